The lowest BCUT2D eigenvalue weighted by Crippen LogP contribution is -2.13. The zero-order valence-electron chi connectivity index (χ0n) is 12.9. The summed E-state index contributed by atoms with van der Waals surface area (Å²) in [5.74, 6) is 1.42. The first-order valence-corrected chi connectivity index (χ1v) is 7.80. The van der Waals surface area contributed by atoms with Crippen LogP contribution in [0.2, 0.25) is 5.02 Å². The van der Waals surface area contributed by atoms with Crippen LogP contribution in [-0.4, -0.2) is 18.2 Å². The van der Waals surface area contributed by atoms with Crippen LogP contribution in [-0.2, 0) is 13.1 Å². The molecule has 0 radical (unpaired) electrons. The van der Waals surface area contributed by atoms with Crippen molar-refractivity contribution in [3.05, 3.63) is 52.8 Å². The molecule has 0 saturated carbocycles. The fraction of sp³-hybridized carbons (Fsp3) is 0.353. The molecule has 0 fully saturated rings. The van der Waals surface area contributed by atoms with Crippen molar-refractivity contribution in [3.8, 4) is 11.5 Å². The van der Waals surface area contributed by atoms with Gasteiger partial charge in [-0.05, 0) is 43.2 Å². The minimum absolute atomic E-state index is 0.579. The number of ether oxygens (including phenoxy) is 2. The van der Waals surface area contributed by atoms with Crippen LogP contribution in [0.25, 0.3) is 0 Å². The van der Waals surface area contributed by atoms with E-state index in [0.29, 0.717) is 30.5 Å². The van der Waals surface area contributed by atoms with Gasteiger partial charge in [-0.25, -0.2) is 0 Å². The van der Waals surface area contributed by atoms with Gasteiger partial charge in [0.1, 0.15) is 0 Å². The fourth-order valence-corrected chi connectivity index (χ4v) is 2.31. The minimum Gasteiger partial charge on any atom is -0.490 e. The van der Waals surface area contributed by atoms with E-state index in [4.69, 9.17) is 21.1 Å². The molecule has 0 spiro atoms. The maximum atomic E-state index is 6.33. The summed E-state index contributed by atoms with van der Waals surface area (Å²) < 4.78 is 11.2. The Morgan fingerprint density at radius 2 is 1.64 bits per heavy atom. The predicted octanol–water partition coefficient (Wildman–Crippen LogP) is 3.82. The number of pyridine rings is 1. The lowest BCUT2D eigenvalue weighted by molar-refractivity contribution is 0.287. The summed E-state index contributed by atoms with van der Waals surface area (Å²) in [6, 6.07) is 7.73. The van der Waals surface area contributed by atoms with Gasteiger partial charge in [-0.2, -0.15) is 0 Å². The van der Waals surface area contributed by atoms with E-state index < -0.39 is 0 Å². The Balaban J connectivity index is 2.05. The van der Waals surface area contributed by atoms with E-state index in [1.165, 1.54) is 5.56 Å². The normalized spacial score (nSPS) is 10.5. The first kappa shape index (κ1) is 16.6. The summed E-state index contributed by atoms with van der Waals surface area (Å²) >= 11 is 6.33. The molecule has 2 rings (SSSR count). The summed E-state index contributed by atoms with van der Waals surface area (Å²) in [5, 5.41) is 4.05. The smallest absolute Gasteiger partial charge is 0.162 e. The topological polar surface area (TPSA) is 43.4 Å². The molecule has 1 N–H and O–H groups in total. The summed E-state index contributed by atoms with van der Waals surface area (Å²) in [4.78, 5) is 4.01. The predicted molar refractivity (Wildman–Crippen MR) is 88.6 cm³/mol. The molecule has 0 unspecified atom stereocenters. The lowest BCUT2D eigenvalue weighted by atomic mass is 10.2. The molecule has 0 atom stereocenters. The summed E-state index contributed by atoms with van der Waals surface area (Å²) in [7, 11) is 0. The number of rotatable bonds is 8. The van der Waals surface area contributed by atoms with Crippen molar-refractivity contribution >= 4 is 11.6 Å². The minimum atomic E-state index is 0.579. The maximum absolute atomic E-state index is 6.33. The Morgan fingerprint density at radius 1 is 1.00 bits per heavy atom. The molecule has 22 heavy (non-hydrogen) atoms. The molecule has 0 bridgehead atoms. The van der Waals surface area contributed by atoms with Gasteiger partial charge in [-0.1, -0.05) is 11.6 Å². The van der Waals surface area contributed by atoms with Crippen LogP contribution >= 0.6 is 11.6 Å². The fourth-order valence-electron chi connectivity index (χ4n) is 2.09. The molecule has 1 heterocycles. The van der Waals surface area contributed by atoms with E-state index in [9.17, 15) is 0 Å². The highest BCUT2D eigenvalue weighted by atomic mass is 35.5. The zero-order valence-corrected chi connectivity index (χ0v) is 13.7. The third-order valence-corrected chi connectivity index (χ3v) is 3.46. The van der Waals surface area contributed by atoms with Crippen molar-refractivity contribution in [1.82, 2.24) is 10.3 Å². The molecule has 0 saturated heterocycles. The molecule has 0 aliphatic carbocycles. The lowest BCUT2D eigenvalue weighted by Gasteiger charge is -2.14. The first-order chi connectivity index (χ1) is 10.7. The standard InChI is InChI=1S/C17H21ClN2O2/c1-3-21-16-9-14(15(18)10-17(16)22-4-2)12-20-11-13-5-7-19-8-6-13/h5-10,20H,3-4,11-12H2,1-2H3. The molecule has 0 aliphatic heterocycles. The summed E-state index contributed by atoms with van der Waals surface area (Å²) in [6.07, 6.45) is 3.57. The van der Waals surface area contributed by atoms with E-state index >= 15 is 0 Å². The zero-order chi connectivity index (χ0) is 15.8. The summed E-state index contributed by atoms with van der Waals surface area (Å²) in [5.41, 5.74) is 2.17. The second-order valence-electron chi connectivity index (χ2n) is 4.72. The van der Waals surface area contributed by atoms with Crippen molar-refractivity contribution in [2.75, 3.05) is 13.2 Å². The first-order valence-electron chi connectivity index (χ1n) is 7.42. The van der Waals surface area contributed by atoms with Crippen molar-refractivity contribution in [2.45, 2.75) is 26.9 Å². The molecule has 1 aromatic carbocycles. The average molecular weight is 321 g/mol. The van der Waals surface area contributed by atoms with E-state index in [0.717, 1.165) is 17.9 Å². The molecule has 118 valence electrons. The van der Waals surface area contributed by atoms with Crippen molar-refractivity contribution < 1.29 is 9.47 Å². The number of benzene rings is 1. The Kier molecular flexibility index (Phi) is 6.49. The van der Waals surface area contributed by atoms with Crippen LogP contribution in [0, 0.1) is 0 Å². The van der Waals surface area contributed by atoms with Gasteiger partial charge in [-0.15, -0.1) is 0 Å². The highest BCUT2D eigenvalue weighted by Crippen LogP contribution is 2.33. The van der Waals surface area contributed by atoms with E-state index in [2.05, 4.69) is 10.3 Å². The molecule has 4 nitrogen and oxygen atoms in total. The third kappa shape index (κ3) is 4.61. The van der Waals surface area contributed by atoms with Crippen molar-refractivity contribution in [3.63, 3.8) is 0 Å². The van der Waals surface area contributed by atoms with Gasteiger partial charge in [0.2, 0.25) is 0 Å². The highest BCUT2D eigenvalue weighted by Gasteiger charge is 2.10. The van der Waals surface area contributed by atoms with Gasteiger partial charge in [0.15, 0.2) is 11.5 Å². The molecule has 5 heteroatoms. The van der Waals surface area contributed by atoms with Gasteiger partial charge in [0.25, 0.3) is 0 Å². The molecular weight excluding hydrogens is 300 g/mol. The van der Waals surface area contributed by atoms with Crippen LogP contribution in [0.4, 0.5) is 0 Å². The maximum Gasteiger partial charge on any atom is 0.162 e. The molecule has 0 amide bonds. The van der Waals surface area contributed by atoms with Crippen molar-refractivity contribution in [2.24, 2.45) is 0 Å². The van der Waals surface area contributed by atoms with Gasteiger partial charge >= 0.3 is 0 Å². The number of hydrogen-bond acceptors (Lipinski definition) is 4. The van der Waals surface area contributed by atoms with Crippen LogP contribution in [0.5, 0.6) is 11.5 Å². The largest absolute Gasteiger partial charge is 0.490 e. The Bertz CT molecular complexity index is 591. The van der Waals surface area contributed by atoms with E-state index in [1.807, 2.05) is 38.1 Å². The van der Waals surface area contributed by atoms with Gasteiger partial charge in [-0.3, -0.25) is 4.98 Å². The second-order valence-corrected chi connectivity index (χ2v) is 5.12. The number of nitrogens with zero attached hydrogens (tertiary/aromatic N) is 1. The SMILES string of the molecule is CCOc1cc(Cl)c(CNCc2ccncc2)cc1OCC. The van der Waals surface area contributed by atoms with E-state index in [1.54, 1.807) is 12.4 Å². The van der Waals surface area contributed by atoms with Crippen LogP contribution in [0.3, 0.4) is 0 Å². The van der Waals surface area contributed by atoms with Gasteiger partial charge < -0.3 is 14.8 Å². The van der Waals surface area contributed by atoms with Crippen LogP contribution in [0.15, 0.2) is 36.7 Å². The second kappa shape index (κ2) is 8.61. The number of hydrogen-bond donors (Lipinski definition) is 1. The molecular formula is C17H21ClN2O2. The Hall–Kier alpha value is -1.78. The Morgan fingerprint density at radius 3 is 2.27 bits per heavy atom. The molecule has 1 aromatic heterocycles. The summed E-state index contributed by atoms with van der Waals surface area (Å²) in [6.45, 7) is 6.48. The van der Waals surface area contributed by atoms with Crippen molar-refractivity contribution in [1.29, 1.82) is 0 Å². The van der Waals surface area contributed by atoms with Crippen LogP contribution < -0.4 is 14.8 Å². The molecule has 0 aliphatic rings. The number of halogens is 1. The van der Waals surface area contributed by atoms with Crippen LogP contribution in [0.1, 0.15) is 25.0 Å². The highest BCUT2D eigenvalue weighted by molar-refractivity contribution is 6.31. The van der Waals surface area contributed by atoms with Gasteiger partial charge in [0.05, 0.1) is 13.2 Å². The van der Waals surface area contributed by atoms with Gasteiger partial charge in [0, 0.05) is 36.6 Å². The quantitative estimate of drug-likeness (QED) is 0.803. The molecule has 2 aromatic rings. The average Bonchev–Trinajstić information content (AvgIpc) is 2.53. The monoisotopic (exact) mass is 320 g/mol. The Labute approximate surface area is 136 Å². The third-order valence-electron chi connectivity index (χ3n) is 3.11. The van der Waals surface area contributed by atoms with E-state index in [-0.39, 0.29) is 0 Å². The number of aromatic nitrogens is 1. The number of nitrogens with one attached hydrogen (secondary N) is 1.